The van der Waals surface area contributed by atoms with E-state index in [1.54, 1.807) is 4.90 Å². The first-order chi connectivity index (χ1) is 9.11. The second kappa shape index (κ2) is 6.46. The second-order valence-electron chi connectivity index (χ2n) is 4.80. The maximum absolute atomic E-state index is 13.5. The minimum atomic E-state index is -0.652. The highest BCUT2D eigenvalue weighted by Crippen LogP contribution is 2.20. The van der Waals surface area contributed by atoms with Gasteiger partial charge in [-0.1, -0.05) is 22.0 Å². The number of hydrogen-bond acceptors (Lipinski definition) is 1. The van der Waals surface area contributed by atoms with Crippen LogP contribution in [0, 0.1) is 11.6 Å². The van der Waals surface area contributed by atoms with Gasteiger partial charge in [0, 0.05) is 24.0 Å². The number of carbonyl (C=O) groups is 1. The zero-order valence-corrected chi connectivity index (χ0v) is 12.1. The molecule has 1 aliphatic rings. The molecule has 1 aromatic carbocycles. The summed E-state index contributed by atoms with van der Waals surface area (Å²) < 4.78 is 26.4. The molecule has 0 radical (unpaired) electrons. The number of amides is 1. The van der Waals surface area contributed by atoms with Crippen LogP contribution in [0.2, 0.25) is 0 Å². The van der Waals surface area contributed by atoms with Gasteiger partial charge in [-0.25, -0.2) is 8.78 Å². The lowest BCUT2D eigenvalue weighted by atomic mass is 10.0. The Labute approximate surface area is 119 Å². The fraction of sp³-hybridized carbons (Fsp3) is 0.500. The standard InChI is InChI=1S/C14H16BrF2NO/c15-9-12-3-1-2-6-18(12)14(19)7-10-4-5-11(16)8-13(10)17/h4-5,8,12H,1-3,6-7,9H2. The molecule has 0 aliphatic carbocycles. The summed E-state index contributed by atoms with van der Waals surface area (Å²) in [4.78, 5) is 14.0. The Hall–Kier alpha value is -0.970. The molecule has 1 aromatic rings. The smallest absolute Gasteiger partial charge is 0.227 e. The molecule has 104 valence electrons. The molecule has 2 rings (SSSR count). The minimum absolute atomic E-state index is 0.00435. The largest absolute Gasteiger partial charge is 0.339 e. The summed E-state index contributed by atoms with van der Waals surface area (Å²) in [6.07, 6.45) is 3.07. The molecule has 1 atom stereocenters. The van der Waals surface area contributed by atoms with Crippen LogP contribution >= 0.6 is 15.9 Å². The van der Waals surface area contributed by atoms with E-state index in [0.29, 0.717) is 0 Å². The lowest BCUT2D eigenvalue weighted by molar-refractivity contribution is -0.133. The van der Waals surface area contributed by atoms with E-state index in [1.165, 1.54) is 12.1 Å². The summed E-state index contributed by atoms with van der Waals surface area (Å²) in [5.41, 5.74) is 0.255. The van der Waals surface area contributed by atoms with Crippen LogP contribution in [-0.4, -0.2) is 28.7 Å². The Kier molecular flexibility index (Phi) is 4.91. The van der Waals surface area contributed by atoms with Gasteiger partial charge in [-0.15, -0.1) is 0 Å². The van der Waals surface area contributed by atoms with Gasteiger partial charge in [0.15, 0.2) is 0 Å². The number of carbonyl (C=O) groups excluding carboxylic acids is 1. The van der Waals surface area contributed by atoms with Crippen molar-refractivity contribution in [3.63, 3.8) is 0 Å². The first-order valence-electron chi connectivity index (χ1n) is 6.41. The molecule has 1 aliphatic heterocycles. The first kappa shape index (κ1) is 14.4. The fourth-order valence-electron chi connectivity index (χ4n) is 2.42. The van der Waals surface area contributed by atoms with Crippen molar-refractivity contribution >= 4 is 21.8 Å². The molecule has 0 saturated carbocycles. The number of likely N-dealkylation sites (tertiary alicyclic amines) is 1. The Morgan fingerprint density at radius 2 is 2.16 bits per heavy atom. The van der Waals surface area contributed by atoms with Crippen molar-refractivity contribution in [2.45, 2.75) is 31.7 Å². The van der Waals surface area contributed by atoms with E-state index in [4.69, 9.17) is 0 Å². The highest BCUT2D eigenvalue weighted by atomic mass is 79.9. The van der Waals surface area contributed by atoms with Crippen LogP contribution < -0.4 is 0 Å². The average Bonchev–Trinajstić information content (AvgIpc) is 2.41. The summed E-state index contributed by atoms with van der Waals surface area (Å²) >= 11 is 3.41. The van der Waals surface area contributed by atoms with Gasteiger partial charge in [-0.05, 0) is 30.9 Å². The molecule has 2 nitrogen and oxygen atoms in total. The number of benzene rings is 1. The van der Waals surface area contributed by atoms with E-state index in [0.717, 1.165) is 37.2 Å². The van der Waals surface area contributed by atoms with E-state index < -0.39 is 11.6 Å². The zero-order valence-electron chi connectivity index (χ0n) is 10.5. The first-order valence-corrected chi connectivity index (χ1v) is 7.53. The SMILES string of the molecule is O=C(Cc1ccc(F)cc1F)N1CCCCC1CBr. The van der Waals surface area contributed by atoms with E-state index in [1.807, 2.05) is 0 Å². The topological polar surface area (TPSA) is 20.3 Å². The Balaban J connectivity index is 2.07. The number of piperidine rings is 1. The molecular formula is C14H16BrF2NO. The Morgan fingerprint density at radius 1 is 1.37 bits per heavy atom. The van der Waals surface area contributed by atoms with Crippen LogP contribution in [0.4, 0.5) is 8.78 Å². The van der Waals surface area contributed by atoms with Gasteiger partial charge in [0.1, 0.15) is 11.6 Å². The summed E-state index contributed by atoms with van der Waals surface area (Å²) in [5.74, 6) is -1.36. The summed E-state index contributed by atoms with van der Waals surface area (Å²) in [6.45, 7) is 0.720. The van der Waals surface area contributed by atoms with Gasteiger partial charge in [0.25, 0.3) is 0 Å². The quantitative estimate of drug-likeness (QED) is 0.778. The summed E-state index contributed by atoms with van der Waals surface area (Å²) in [5, 5.41) is 0.741. The molecule has 19 heavy (non-hydrogen) atoms. The third-order valence-corrected chi connectivity index (χ3v) is 4.23. The van der Waals surface area contributed by atoms with E-state index in [9.17, 15) is 13.6 Å². The Morgan fingerprint density at radius 3 is 2.84 bits per heavy atom. The molecule has 1 unspecified atom stereocenters. The van der Waals surface area contributed by atoms with Crippen molar-refractivity contribution in [2.75, 3.05) is 11.9 Å². The molecule has 1 fully saturated rings. The number of hydrogen-bond donors (Lipinski definition) is 0. The van der Waals surface area contributed by atoms with E-state index in [2.05, 4.69) is 15.9 Å². The highest BCUT2D eigenvalue weighted by Gasteiger charge is 2.26. The van der Waals surface area contributed by atoms with Crippen LogP contribution in [0.3, 0.4) is 0 Å². The molecule has 5 heteroatoms. The van der Waals surface area contributed by atoms with Crippen LogP contribution in [0.15, 0.2) is 18.2 Å². The number of halogens is 3. The number of rotatable bonds is 3. The fourth-order valence-corrected chi connectivity index (χ4v) is 3.09. The molecule has 1 saturated heterocycles. The number of alkyl halides is 1. The zero-order chi connectivity index (χ0) is 13.8. The van der Waals surface area contributed by atoms with Crippen molar-refractivity contribution in [2.24, 2.45) is 0 Å². The van der Waals surface area contributed by atoms with Crippen LogP contribution in [0.5, 0.6) is 0 Å². The number of nitrogens with zero attached hydrogens (tertiary/aromatic N) is 1. The van der Waals surface area contributed by atoms with Crippen molar-refractivity contribution in [3.05, 3.63) is 35.4 Å². The second-order valence-corrected chi connectivity index (χ2v) is 5.45. The third kappa shape index (κ3) is 3.53. The molecule has 0 spiro atoms. The molecular weight excluding hydrogens is 316 g/mol. The van der Waals surface area contributed by atoms with Crippen LogP contribution in [0.1, 0.15) is 24.8 Å². The van der Waals surface area contributed by atoms with Crippen molar-refractivity contribution in [3.8, 4) is 0 Å². The van der Waals surface area contributed by atoms with Gasteiger partial charge in [0.2, 0.25) is 5.91 Å². The van der Waals surface area contributed by atoms with E-state index in [-0.39, 0.29) is 23.9 Å². The predicted octanol–water partition coefficient (Wildman–Crippen LogP) is 3.28. The maximum Gasteiger partial charge on any atom is 0.227 e. The predicted molar refractivity (Wildman–Crippen MR) is 73.2 cm³/mol. The van der Waals surface area contributed by atoms with Gasteiger partial charge in [-0.3, -0.25) is 4.79 Å². The third-order valence-electron chi connectivity index (χ3n) is 3.48. The maximum atomic E-state index is 13.5. The van der Waals surface area contributed by atoms with Gasteiger partial charge in [-0.2, -0.15) is 0 Å². The highest BCUT2D eigenvalue weighted by molar-refractivity contribution is 9.09. The van der Waals surface area contributed by atoms with Gasteiger partial charge in [0.05, 0.1) is 6.42 Å². The molecule has 1 amide bonds. The molecule has 1 heterocycles. The van der Waals surface area contributed by atoms with Gasteiger partial charge >= 0.3 is 0 Å². The molecule has 0 bridgehead atoms. The normalized spacial score (nSPS) is 19.5. The molecule has 0 aromatic heterocycles. The summed E-state index contributed by atoms with van der Waals surface area (Å²) in [7, 11) is 0. The van der Waals surface area contributed by atoms with E-state index >= 15 is 0 Å². The summed E-state index contributed by atoms with van der Waals surface area (Å²) in [6, 6.07) is 3.53. The average molecular weight is 332 g/mol. The monoisotopic (exact) mass is 331 g/mol. The lowest BCUT2D eigenvalue weighted by Gasteiger charge is -2.34. The van der Waals surface area contributed by atoms with Crippen LogP contribution in [-0.2, 0) is 11.2 Å². The lowest BCUT2D eigenvalue weighted by Crippen LogP contribution is -2.45. The minimum Gasteiger partial charge on any atom is -0.339 e. The van der Waals surface area contributed by atoms with Crippen molar-refractivity contribution < 1.29 is 13.6 Å². The van der Waals surface area contributed by atoms with Crippen molar-refractivity contribution in [1.29, 1.82) is 0 Å². The molecule has 0 N–H and O–H groups in total. The van der Waals surface area contributed by atoms with Crippen LogP contribution in [0.25, 0.3) is 0 Å². The van der Waals surface area contributed by atoms with Crippen molar-refractivity contribution in [1.82, 2.24) is 4.90 Å². The Bertz CT molecular complexity index is 467. The van der Waals surface area contributed by atoms with Gasteiger partial charge < -0.3 is 4.90 Å².